The van der Waals surface area contributed by atoms with E-state index in [1.54, 1.807) is 0 Å². The largest absolute Gasteiger partial charge is 0.492 e. The Kier molecular flexibility index (Phi) is 2.44. The average molecular weight is 223 g/mol. The molecule has 0 atom stereocenters. The van der Waals surface area contributed by atoms with Crippen molar-refractivity contribution in [1.82, 2.24) is 0 Å². The first-order chi connectivity index (χ1) is 5.16. The van der Waals surface area contributed by atoms with Gasteiger partial charge in [-0.1, -0.05) is 0 Å². The second-order valence-corrected chi connectivity index (χ2v) is 2.67. The summed E-state index contributed by atoms with van der Waals surface area (Å²) in [5.41, 5.74) is 0. The van der Waals surface area contributed by atoms with Crippen LogP contribution in [0.2, 0.25) is 0 Å². The lowest BCUT2D eigenvalue weighted by atomic mass is 10.3. The van der Waals surface area contributed by atoms with Crippen LogP contribution >= 0.6 is 15.9 Å². The normalized spacial score (nSPS) is 9.82. The smallest absolute Gasteiger partial charge is 0.171 e. The van der Waals surface area contributed by atoms with Crippen LogP contribution in [0, 0.1) is 11.6 Å². The van der Waals surface area contributed by atoms with E-state index in [-0.39, 0.29) is 10.2 Å². The SMILES string of the molecule is COc1c(F)ccc(F)c1Br. The molecule has 0 aromatic heterocycles. The second kappa shape index (κ2) is 3.17. The number of halogens is 3. The third-order valence-electron chi connectivity index (χ3n) is 1.21. The summed E-state index contributed by atoms with van der Waals surface area (Å²) < 4.78 is 30.0. The summed E-state index contributed by atoms with van der Waals surface area (Å²) in [4.78, 5) is 0. The van der Waals surface area contributed by atoms with Crippen molar-refractivity contribution >= 4 is 15.9 Å². The van der Waals surface area contributed by atoms with E-state index in [0.29, 0.717) is 0 Å². The van der Waals surface area contributed by atoms with E-state index in [1.807, 2.05) is 0 Å². The Hall–Kier alpha value is -0.640. The molecule has 0 unspecified atom stereocenters. The van der Waals surface area contributed by atoms with E-state index < -0.39 is 11.6 Å². The molecule has 11 heavy (non-hydrogen) atoms. The van der Waals surface area contributed by atoms with Crippen molar-refractivity contribution < 1.29 is 13.5 Å². The molecular weight excluding hydrogens is 218 g/mol. The fraction of sp³-hybridized carbons (Fsp3) is 0.143. The standard InChI is InChI=1S/C7H5BrF2O/c1-11-7-5(10)3-2-4(9)6(7)8/h2-3H,1H3. The fourth-order valence-electron chi connectivity index (χ4n) is 0.696. The van der Waals surface area contributed by atoms with Crippen LogP contribution in [-0.4, -0.2) is 7.11 Å². The summed E-state index contributed by atoms with van der Waals surface area (Å²) in [6.07, 6.45) is 0. The molecule has 0 fully saturated rings. The minimum absolute atomic E-state index is 0.0139. The predicted molar refractivity (Wildman–Crippen MR) is 40.6 cm³/mol. The first-order valence-corrected chi connectivity index (χ1v) is 3.63. The first kappa shape index (κ1) is 8.46. The summed E-state index contributed by atoms with van der Waals surface area (Å²) in [7, 11) is 1.28. The molecule has 1 aromatic rings. The average Bonchev–Trinajstić information content (AvgIpc) is 1.99. The maximum Gasteiger partial charge on any atom is 0.171 e. The van der Waals surface area contributed by atoms with Crippen molar-refractivity contribution in [3.63, 3.8) is 0 Å². The van der Waals surface area contributed by atoms with Crippen molar-refractivity contribution in [2.45, 2.75) is 0 Å². The summed E-state index contributed by atoms with van der Waals surface area (Å²) in [6.45, 7) is 0. The molecule has 4 heteroatoms. The zero-order valence-corrected chi connectivity index (χ0v) is 7.28. The van der Waals surface area contributed by atoms with Crippen LogP contribution in [-0.2, 0) is 0 Å². The van der Waals surface area contributed by atoms with E-state index in [0.717, 1.165) is 12.1 Å². The van der Waals surface area contributed by atoms with Crippen molar-refractivity contribution in [3.05, 3.63) is 28.2 Å². The number of hydrogen-bond acceptors (Lipinski definition) is 1. The van der Waals surface area contributed by atoms with Crippen LogP contribution in [0.1, 0.15) is 0 Å². The Balaban J connectivity index is 3.29. The zero-order chi connectivity index (χ0) is 8.43. The van der Waals surface area contributed by atoms with Gasteiger partial charge in [0.15, 0.2) is 11.6 Å². The van der Waals surface area contributed by atoms with E-state index in [1.165, 1.54) is 7.11 Å². The van der Waals surface area contributed by atoms with Gasteiger partial charge in [-0.25, -0.2) is 8.78 Å². The van der Waals surface area contributed by atoms with Gasteiger partial charge in [-0.2, -0.15) is 0 Å². The highest BCUT2D eigenvalue weighted by molar-refractivity contribution is 9.10. The summed E-state index contributed by atoms with van der Waals surface area (Å²) in [5, 5.41) is 0. The van der Waals surface area contributed by atoms with Crippen LogP contribution in [0.5, 0.6) is 5.75 Å². The lowest BCUT2D eigenvalue weighted by molar-refractivity contribution is 0.379. The lowest BCUT2D eigenvalue weighted by Crippen LogP contribution is -1.91. The highest BCUT2D eigenvalue weighted by Gasteiger charge is 2.10. The number of methoxy groups -OCH3 is 1. The molecule has 0 saturated carbocycles. The van der Waals surface area contributed by atoms with Gasteiger partial charge in [-0.05, 0) is 28.1 Å². The highest BCUT2D eigenvalue weighted by atomic mass is 79.9. The van der Waals surface area contributed by atoms with Gasteiger partial charge in [-0.15, -0.1) is 0 Å². The molecule has 0 aliphatic carbocycles. The van der Waals surface area contributed by atoms with Crippen LogP contribution in [0.3, 0.4) is 0 Å². The lowest BCUT2D eigenvalue weighted by Gasteiger charge is -2.03. The van der Waals surface area contributed by atoms with Crippen molar-refractivity contribution in [1.29, 1.82) is 0 Å². The first-order valence-electron chi connectivity index (χ1n) is 2.84. The van der Waals surface area contributed by atoms with Gasteiger partial charge in [-0.3, -0.25) is 0 Å². The molecule has 0 heterocycles. The summed E-state index contributed by atoms with van der Waals surface area (Å²) >= 11 is 2.85. The Labute approximate surface area is 71.1 Å². The quantitative estimate of drug-likeness (QED) is 0.665. The van der Waals surface area contributed by atoms with Crippen molar-refractivity contribution in [3.8, 4) is 5.75 Å². The van der Waals surface area contributed by atoms with Gasteiger partial charge in [0.25, 0.3) is 0 Å². The maximum absolute atomic E-state index is 12.7. The molecule has 0 saturated heterocycles. The van der Waals surface area contributed by atoms with Gasteiger partial charge in [0.05, 0.1) is 11.6 Å². The highest BCUT2D eigenvalue weighted by Crippen LogP contribution is 2.29. The minimum atomic E-state index is -0.583. The monoisotopic (exact) mass is 222 g/mol. The predicted octanol–water partition coefficient (Wildman–Crippen LogP) is 2.74. The third-order valence-corrected chi connectivity index (χ3v) is 1.94. The van der Waals surface area contributed by atoms with E-state index in [2.05, 4.69) is 20.7 Å². The molecule has 1 rings (SSSR count). The molecule has 0 amide bonds. The molecular formula is C7H5BrF2O. The molecule has 1 aromatic carbocycles. The van der Waals surface area contributed by atoms with Gasteiger partial charge in [0.2, 0.25) is 0 Å². The number of ether oxygens (including phenoxy) is 1. The van der Waals surface area contributed by atoms with Crippen molar-refractivity contribution in [2.24, 2.45) is 0 Å². The molecule has 60 valence electrons. The molecule has 0 radical (unpaired) electrons. The van der Waals surface area contributed by atoms with E-state index >= 15 is 0 Å². The van der Waals surface area contributed by atoms with Gasteiger partial charge >= 0.3 is 0 Å². The summed E-state index contributed by atoms with van der Waals surface area (Å²) in [5.74, 6) is -1.23. The van der Waals surface area contributed by atoms with Crippen molar-refractivity contribution in [2.75, 3.05) is 7.11 Å². The molecule has 1 nitrogen and oxygen atoms in total. The Bertz CT molecular complexity index is 275. The zero-order valence-electron chi connectivity index (χ0n) is 5.70. The van der Waals surface area contributed by atoms with Crippen LogP contribution in [0.25, 0.3) is 0 Å². The number of rotatable bonds is 1. The third kappa shape index (κ3) is 1.50. The topological polar surface area (TPSA) is 9.23 Å². The van der Waals surface area contributed by atoms with Gasteiger partial charge in [0.1, 0.15) is 5.82 Å². The molecule has 0 bridgehead atoms. The van der Waals surface area contributed by atoms with Crippen LogP contribution < -0.4 is 4.74 Å². The van der Waals surface area contributed by atoms with E-state index in [4.69, 9.17) is 0 Å². The minimum Gasteiger partial charge on any atom is -0.492 e. The van der Waals surface area contributed by atoms with Gasteiger partial charge < -0.3 is 4.74 Å². The second-order valence-electron chi connectivity index (χ2n) is 1.88. The number of benzene rings is 1. The molecule has 0 spiro atoms. The molecule has 0 N–H and O–H groups in total. The fourth-order valence-corrected chi connectivity index (χ4v) is 1.18. The molecule has 0 aliphatic rings. The Morgan fingerprint density at radius 3 is 2.27 bits per heavy atom. The van der Waals surface area contributed by atoms with E-state index in [9.17, 15) is 8.78 Å². The van der Waals surface area contributed by atoms with Crippen LogP contribution in [0.15, 0.2) is 16.6 Å². The van der Waals surface area contributed by atoms with Gasteiger partial charge in [0, 0.05) is 0 Å². The maximum atomic E-state index is 12.7. The molecule has 0 aliphatic heterocycles. The van der Waals surface area contributed by atoms with Crippen LogP contribution in [0.4, 0.5) is 8.78 Å². The number of hydrogen-bond donors (Lipinski definition) is 0. The Morgan fingerprint density at radius 1 is 1.27 bits per heavy atom. The Morgan fingerprint density at radius 2 is 1.82 bits per heavy atom. The summed E-state index contributed by atoms with van der Waals surface area (Å²) in [6, 6.07) is 2.04.